The zero-order chi connectivity index (χ0) is 16.9. The van der Waals surface area contributed by atoms with Crippen LogP contribution in [0.4, 0.5) is 0 Å². The molecule has 1 N–H and O–H groups in total. The highest BCUT2D eigenvalue weighted by atomic mass is 16.5. The Bertz CT molecular complexity index is 855. The molecule has 5 nitrogen and oxygen atoms in total. The first-order valence-corrected chi connectivity index (χ1v) is 8.05. The van der Waals surface area contributed by atoms with E-state index in [-0.39, 0.29) is 5.91 Å². The Morgan fingerprint density at radius 1 is 1.17 bits per heavy atom. The Morgan fingerprint density at radius 3 is 2.71 bits per heavy atom. The Kier molecular flexibility index (Phi) is 4.79. The van der Waals surface area contributed by atoms with Gasteiger partial charge in [-0.25, -0.2) is 4.98 Å². The van der Waals surface area contributed by atoms with Crippen LogP contribution in [-0.2, 0) is 17.9 Å². The first-order valence-electron chi connectivity index (χ1n) is 8.05. The summed E-state index contributed by atoms with van der Waals surface area (Å²) in [7, 11) is 1.67. The maximum absolute atomic E-state index is 11.6. The summed E-state index contributed by atoms with van der Waals surface area (Å²) < 4.78 is 7.59. The van der Waals surface area contributed by atoms with E-state index in [0.29, 0.717) is 19.5 Å². The molecule has 3 rings (SSSR count). The van der Waals surface area contributed by atoms with Crippen LogP contribution in [0.25, 0.3) is 11.0 Å². The highest BCUT2D eigenvalue weighted by molar-refractivity contribution is 5.77. The highest BCUT2D eigenvalue weighted by Gasteiger charge is 2.13. The summed E-state index contributed by atoms with van der Waals surface area (Å²) in [6.07, 6.45) is 0.465. The number of ether oxygens (including phenoxy) is 1. The maximum atomic E-state index is 11.6. The molecule has 1 amide bonds. The van der Waals surface area contributed by atoms with E-state index < -0.39 is 0 Å². The van der Waals surface area contributed by atoms with E-state index in [1.54, 1.807) is 7.11 Å². The van der Waals surface area contributed by atoms with Gasteiger partial charge in [-0.3, -0.25) is 4.79 Å². The summed E-state index contributed by atoms with van der Waals surface area (Å²) in [6, 6.07) is 15.9. The maximum Gasteiger partial charge on any atom is 0.220 e. The Balaban J connectivity index is 1.99. The third kappa shape index (κ3) is 3.25. The molecule has 124 valence electrons. The first kappa shape index (κ1) is 16.1. The van der Waals surface area contributed by atoms with Gasteiger partial charge in [-0.1, -0.05) is 37.3 Å². The average Bonchev–Trinajstić information content (AvgIpc) is 2.98. The molecule has 3 aromatic rings. The molecule has 1 aromatic heterocycles. The molecule has 0 fully saturated rings. The summed E-state index contributed by atoms with van der Waals surface area (Å²) in [5, 5.41) is 2.91. The van der Waals surface area contributed by atoms with Crippen molar-refractivity contribution in [2.75, 3.05) is 7.11 Å². The lowest BCUT2D eigenvalue weighted by Gasteiger charge is -2.13. The van der Waals surface area contributed by atoms with Gasteiger partial charge >= 0.3 is 0 Å². The van der Waals surface area contributed by atoms with Crippen LogP contribution in [0.2, 0.25) is 0 Å². The predicted octanol–water partition coefficient (Wildman–Crippen LogP) is 3.12. The molecule has 0 spiro atoms. The SMILES string of the molecule is CCC(=O)NCc1nc2ccccc2n1Cc1ccccc1OC. The smallest absolute Gasteiger partial charge is 0.220 e. The van der Waals surface area contributed by atoms with Gasteiger partial charge in [0.15, 0.2) is 0 Å². The number of amides is 1. The number of fused-ring (bicyclic) bond motifs is 1. The molecule has 0 saturated carbocycles. The Hall–Kier alpha value is -2.82. The minimum absolute atomic E-state index is 0.0193. The number of aromatic nitrogens is 2. The van der Waals surface area contributed by atoms with E-state index >= 15 is 0 Å². The minimum atomic E-state index is 0.0193. The van der Waals surface area contributed by atoms with Crippen molar-refractivity contribution in [1.29, 1.82) is 0 Å². The molecule has 1 heterocycles. The van der Waals surface area contributed by atoms with Gasteiger partial charge < -0.3 is 14.6 Å². The van der Waals surface area contributed by atoms with Gasteiger partial charge in [0.25, 0.3) is 0 Å². The summed E-state index contributed by atoms with van der Waals surface area (Å²) in [4.78, 5) is 16.3. The second-order valence-electron chi connectivity index (χ2n) is 5.55. The van der Waals surface area contributed by atoms with Crippen LogP contribution < -0.4 is 10.1 Å². The average molecular weight is 323 g/mol. The Labute approximate surface area is 141 Å². The number of nitrogens with one attached hydrogen (secondary N) is 1. The van der Waals surface area contributed by atoms with Crippen molar-refractivity contribution in [1.82, 2.24) is 14.9 Å². The number of rotatable bonds is 6. The Morgan fingerprint density at radius 2 is 1.92 bits per heavy atom. The van der Waals surface area contributed by atoms with E-state index in [4.69, 9.17) is 4.74 Å². The fourth-order valence-electron chi connectivity index (χ4n) is 2.74. The summed E-state index contributed by atoms with van der Waals surface area (Å²) in [5.74, 6) is 1.70. The van der Waals surface area contributed by atoms with Crippen LogP contribution in [0.1, 0.15) is 24.7 Å². The minimum Gasteiger partial charge on any atom is -0.496 e. The van der Waals surface area contributed by atoms with Crippen LogP contribution in [0.15, 0.2) is 48.5 Å². The molecule has 0 unspecified atom stereocenters. The van der Waals surface area contributed by atoms with Gasteiger partial charge in [0.1, 0.15) is 11.6 Å². The quantitative estimate of drug-likeness (QED) is 0.758. The van der Waals surface area contributed by atoms with Gasteiger partial charge in [0.2, 0.25) is 5.91 Å². The van der Waals surface area contributed by atoms with Gasteiger partial charge in [-0.2, -0.15) is 0 Å². The molecule has 0 aliphatic rings. The van der Waals surface area contributed by atoms with Crippen LogP contribution in [0.5, 0.6) is 5.75 Å². The lowest BCUT2D eigenvalue weighted by molar-refractivity contribution is -0.120. The molecule has 24 heavy (non-hydrogen) atoms. The van der Waals surface area contributed by atoms with Gasteiger partial charge in [0, 0.05) is 12.0 Å². The van der Waals surface area contributed by atoms with Crippen molar-refractivity contribution in [3.8, 4) is 5.75 Å². The summed E-state index contributed by atoms with van der Waals surface area (Å²) in [6.45, 7) is 2.89. The fourth-order valence-corrected chi connectivity index (χ4v) is 2.74. The lowest BCUT2D eigenvalue weighted by Crippen LogP contribution is -2.23. The molecule has 2 aromatic carbocycles. The van der Waals surface area contributed by atoms with E-state index in [1.807, 2.05) is 55.5 Å². The van der Waals surface area contributed by atoms with Crippen molar-refractivity contribution < 1.29 is 9.53 Å². The van der Waals surface area contributed by atoms with Crippen LogP contribution in [0.3, 0.4) is 0 Å². The van der Waals surface area contributed by atoms with Crippen molar-refractivity contribution in [3.63, 3.8) is 0 Å². The van der Waals surface area contributed by atoms with Crippen molar-refractivity contribution in [2.45, 2.75) is 26.4 Å². The molecular formula is C19H21N3O2. The molecule has 0 radical (unpaired) electrons. The summed E-state index contributed by atoms with van der Waals surface area (Å²) >= 11 is 0. The van der Waals surface area contributed by atoms with Crippen LogP contribution in [-0.4, -0.2) is 22.6 Å². The van der Waals surface area contributed by atoms with Gasteiger partial charge in [0.05, 0.1) is 31.2 Å². The molecule has 0 aliphatic heterocycles. The largest absolute Gasteiger partial charge is 0.496 e. The third-order valence-electron chi connectivity index (χ3n) is 4.02. The number of carbonyl (C=O) groups is 1. The van der Waals surface area contributed by atoms with E-state index in [1.165, 1.54) is 0 Å². The molecule has 0 atom stereocenters. The number of carbonyl (C=O) groups excluding carboxylic acids is 1. The van der Waals surface area contributed by atoms with Crippen LogP contribution in [0, 0.1) is 0 Å². The standard InChI is InChI=1S/C19H21N3O2/c1-3-19(23)20-12-18-21-15-9-5-6-10-16(15)22(18)13-14-8-4-7-11-17(14)24-2/h4-11H,3,12-13H2,1-2H3,(H,20,23). The predicted molar refractivity (Wildman–Crippen MR) is 94.0 cm³/mol. The molecular weight excluding hydrogens is 302 g/mol. The molecule has 5 heteroatoms. The van der Waals surface area contributed by atoms with Crippen molar-refractivity contribution in [3.05, 3.63) is 59.9 Å². The number of nitrogens with zero attached hydrogens (tertiary/aromatic N) is 2. The topological polar surface area (TPSA) is 56.2 Å². The number of para-hydroxylation sites is 3. The van der Waals surface area contributed by atoms with E-state index in [2.05, 4.69) is 14.9 Å². The lowest BCUT2D eigenvalue weighted by atomic mass is 10.2. The second kappa shape index (κ2) is 7.17. The normalized spacial score (nSPS) is 10.8. The number of imidazole rings is 1. The number of benzene rings is 2. The molecule has 0 bridgehead atoms. The number of methoxy groups -OCH3 is 1. The van der Waals surface area contributed by atoms with Crippen molar-refractivity contribution in [2.24, 2.45) is 0 Å². The zero-order valence-corrected chi connectivity index (χ0v) is 14.0. The monoisotopic (exact) mass is 323 g/mol. The summed E-state index contributed by atoms with van der Waals surface area (Å²) in [5.41, 5.74) is 3.04. The van der Waals surface area contributed by atoms with Crippen molar-refractivity contribution >= 4 is 16.9 Å². The second-order valence-corrected chi connectivity index (χ2v) is 5.55. The third-order valence-corrected chi connectivity index (χ3v) is 4.02. The number of hydrogen-bond acceptors (Lipinski definition) is 3. The first-order chi connectivity index (χ1) is 11.7. The molecule has 0 saturated heterocycles. The highest BCUT2D eigenvalue weighted by Crippen LogP contribution is 2.23. The number of hydrogen-bond donors (Lipinski definition) is 1. The van der Waals surface area contributed by atoms with E-state index in [0.717, 1.165) is 28.2 Å². The zero-order valence-electron chi connectivity index (χ0n) is 14.0. The van der Waals surface area contributed by atoms with E-state index in [9.17, 15) is 4.79 Å². The fraction of sp³-hybridized carbons (Fsp3) is 0.263. The van der Waals surface area contributed by atoms with Crippen LogP contribution >= 0.6 is 0 Å². The molecule has 0 aliphatic carbocycles. The van der Waals surface area contributed by atoms with Gasteiger partial charge in [-0.15, -0.1) is 0 Å². The van der Waals surface area contributed by atoms with Gasteiger partial charge in [-0.05, 0) is 18.2 Å².